The molecule has 2 heterocycles. The highest BCUT2D eigenvalue weighted by atomic mass is 16.2. The van der Waals surface area contributed by atoms with Gasteiger partial charge in [0.1, 0.15) is 0 Å². The average molecular weight is 337 g/mol. The van der Waals surface area contributed by atoms with Gasteiger partial charge in [-0.2, -0.15) is 0 Å². The van der Waals surface area contributed by atoms with E-state index in [1.807, 2.05) is 12.1 Å². The fourth-order valence-electron chi connectivity index (χ4n) is 3.77. The van der Waals surface area contributed by atoms with Gasteiger partial charge >= 0.3 is 0 Å². The van der Waals surface area contributed by atoms with Gasteiger partial charge in [-0.25, -0.2) is 0 Å². The van der Waals surface area contributed by atoms with Crippen molar-refractivity contribution < 1.29 is 4.79 Å². The van der Waals surface area contributed by atoms with Gasteiger partial charge in [-0.1, -0.05) is 49.7 Å². The maximum absolute atomic E-state index is 12.3. The van der Waals surface area contributed by atoms with Crippen LogP contribution in [0.1, 0.15) is 36.8 Å². The summed E-state index contributed by atoms with van der Waals surface area (Å²) in [5.74, 6) is 1.32. The standard InChI is InChI=1S/C21H27N3O/c1-2-18-15-24(12-10-20(18)19-8-4-3-5-9-19)16-21(25)23-14-17-7-6-11-22-13-17/h3-9,11,13,18,20H,2,10,12,14-16H2,1H3,(H,23,25). The molecule has 25 heavy (non-hydrogen) atoms. The zero-order valence-corrected chi connectivity index (χ0v) is 14.9. The monoisotopic (exact) mass is 337 g/mol. The Bertz CT molecular complexity index is 659. The minimum Gasteiger partial charge on any atom is -0.351 e. The van der Waals surface area contributed by atoms with Gasteiger partial charge in [0.25, 0.3) is 0 Å². The van der Waals surface area contributed by atoms with E-state index in [9.17, 15) is 4.79 Å². The summed E-state index contributed by atoms with van der Waals surface area (Å²) in [4.78, 5) is 18.6. The number of nitrogens with one attached hydrogen (secondary N) is 1. The SMILES string of the molecule is CCC1CN(CC(=O)NCc2cccnc2)CCC1c1ccccc1. The molecule has 0 aliphatic carbocycles. The molecule has 3 rings (SSSR count). The summed E-state index contributed by atoms with van der Waals surface area (Å²) in [5.41, 5.74) is 2.47. The number of nitrogens with zero attached hydrogens (tertiary/aromatic N) is 2. The number of aromatic nitrogens is 1. The summed E-state index contributed by atoms with van der Waals surface area (Å²) in [7, 11) is 0. The van der Waals surface area contributed by atoms with Gasteiger partial charge < -0.3 is 5.32 Å². The first-order chi connectivity index (χ1) is 12.3. The van der Waals surface area contributed by atoms with Crippen LogP contribution in [0, 0.1) is 5.92 Å². The molecule has 2 aromatic rings. The van der Waals surface area contributed by atoms with Crippen LogP contribution in [0.25, 0.3) is 0 Å². The summed E-state index contributed by atoms with van der Waals surface area (Å²) >= 11 is 0. The Morgan fingerprint density at radius 2 is 2.08 bits per heavy atom. The smallest absolute Gasteiger partial charge is 0.234 e. The highest BCUT2D eigenvalue weighted by molar-refractivity contribution is 5.78. The lowest BCUT2D eigenvalue weighted by atomic mass is 9.79. The van der Waals surface area contributed by atoms with Crippen LogP contribution < -0.4 is 5.32 Å². The Morgan fingerprint density at radius 3 is 2.80 bits per heavy atom. The molecule has 0 bridgehead atoms. The van der Waals surface area contributed by atoms with Crippen LogP contribution in [-0.2, 0) is 11.3 Å². The molecule has 1 fully saturated rings. The molecule has 1 N–H and O–H groups in total. The number of piperidine rings is 1. The predicted molar refractivity (Wildman–Crippen MR) is 100 cm³/mol. The first-order valence-electron chi connectivity index (χ1n) is 9.19. The Kier molecular flexibility index (Phi) is 6.18. The second-order valence-corrected chi connectivity index (χ2v) is 6.85. The van der Waals surface area contributed by atoms with Gasteiger partial charge in [-0.15, -0.1) is 0 Å². The van der Waals surface area contributed by atoms with Crippen molar-refractivity contribution in [2.24, 2.45) is 5.92 Å². The fourth-order valence-corrected chi connectivity index (χ4v) is 3.77. The van der Waals surface area contributed by atoms with E-state index in [2.05, 4.69) is 52.5 Å². The summed E-state index contributed by atoms with van der Waals surface area (Å²) in [6.07, 6.45) is 5.80. The zero-order chi connectivity index (χ0) is 17.5. The van der Waals surface area contributed by atoms with Crippen LogP contribution in [0.3, 0.4) is 0 Å². The van der Waals surface area contributed by atoms with E-state index in [0.717, 1.165) is 31.5 Å². The summed E-state index contributed by atoms with van der Waals surface area (Å²) in [6.45, 7) is 5.27. The van der Waals surface area contributed by atoms with Crippen molar-refractivity contribution in [3.05, 3.63) is 66.0 Å². The number of amides is 1. The van der Waals surface area contributed by atoms with Crippen LogP contribution >= 0.6 is 0 Å². The molecule has 2 unspecified atom stereocenters. The van der Waals surface area contributed by atoms with Crippen molar-refractivity contribution in [3.63, 3.8) is 0 Å². The molecule has 4 heteroatoms. The first-order valence-corrected chi connectivity index (χ1v) is 9.19. The second-order valence-electron chi connectivity index (χ2n) is 6.85. The predicted octanol–water partition coefficient (Wildman–Crippen LogP) is 3.21. The van der Waals surface area contributed by atoms with E-state index in [0.29, 0.717) is 24.9 Å². The topological polar surface area (TPSA) is 45.2 Å². The highest BCUT2D eigenvalue weighted by Crippen LogP contribution is 2.34. The van der Waals surface area contributed by atoms with E-state index in [1.54, 1.807) is 12.4 Å². The van der Waals surface area contributed by atoms with E-state index < -0.39 is 0 Å². The molecule has 1 aliphatic rings. The Hall–Kier alpha value is -2.20. The molecule has 1 aliphatic heterocycles. The molecular formula is C21H27N3O. The maximum Gasteiger partial charge on any atom is 0.234 e. The Balaban J connectivity index is 1.50. The van der Waals surface area contributed by atoms with Gasteiger partial charge in [-0.3, -0.25) is 14.7 Å². The number of likely N-dealkylation sites (tertiary alicyclic amines) is 1. The van der Waals surface area contributed by atoms with Crippen LogP contribution in [0.15, 0.2) is 54.9 Å². The minimum absolute atomic E-state index is 0.0943. The van der Waals surface area contributed by atoms with Crippen molar-refractivity contribution in [1.82, 2.24) is 15.2 Å². The third kappa shape index (κ3) is 4.89. The second kappa shape index (κ2) is 8.77. The van der Waals surface area contributed by atoms with Crippen molar-refractivity contribution >= 4 is 5.91 Å². The number of carbonyl (C=O) groups is 1. The van der Waals surface area contributed by atoms with E-state index in [1.165, 1.54) is 5.56 Å². The number of carbonyl (C=O) groups excluding carboxylic acids is 1. The van der Waals surface area contributed by atoms with Crippen molar-refractivity contribution in [3.8, 4) is 0 Å². The molecule has 0 spiro atoms. The number of hydrogen-bond donors (Lipinski definition) is 1. The fraction of sp³-hybridized carbons (Fsp3) is 0.429. The van der Waals surface area contributed by atoms with E-state index >= 15 is 0 Å². The maximum atomic E-state index is 12.3. The molecule has 0 radical (unpaired) electrons. The van der Waals surface area contributed by atoms with Crippen LogP contribution in [0.5, 0.6) is 0 Å². The molecule has 1 aromatic carbocycles. The van der Waals surface area contributed by atoms with Crippen LogP contribution in [0.4, 0.5) is 0 Å². The van der Waals surface area contributed by atoms with Gasteiger partial charge in [0.15, 0.2) is 0 Å². The van der Waals surface area contributed by atoms with Crippen molar-refractivity contribution in [1.29, 1.82) is 0 Å². The summed E-state index contributed by atoms with van der Waals surface area (Å²) in [6, 6.07) is 14.7. The molecule has 4 nitrogen and oxygen atoms in total. The number of pyridine rings is 1. The highest BCUT2D eigenvalue weighted by Gasteiger charge is 2.29. The zero-order valence-electron chi connectivity index (χ0n) is 14.9. The molecule has 1 saturated heterocycles. The summed E-state index contributed by atoms with van der Waals surface area (Å²) < 4.78 is 0. The lowest BCUT2D eigenvalue weighted by Crippen LogP contribution is -2.44. The largest absolute Gasteiger partial charge is 0.351 e. The molecule has 2 atom stereocenters. The third-order valence-electron chi connectivity index (χ3n) is 5.15. The average Bonchev–Trinajstić information content (AvgIpc) is 2.68. The molecule has 132 valence electrons. The molecule has 1 aromatic heterocycles. The number of benzene rings is 1. The molecular weight excluding hydrogens is 310 g/mol. The Labute approximate surface area is 150 Å². The Morgan fingerprint density at radius 1 is 1.24 bits per heavy atom. The van der Waals surface area contributed by atoms with E-state index in [-0.39, 0.29) is 5.91 Å². The number of hydrogen-bond acceptors (Lipinski definition) is 3. The summed E-state index contributed by atoms with van der Waals surface area (Å²) in [5, 5.41) is 3.00. The third-order valence-corrected chi connectivity index (χ3v) is 5.15. The lowest BCUT2D eigenvalue weighted by Gasteiger charge is -2.38. The van der Waals surface area contributed by atoms with E-state index in [4.69, 9.17) is 0 Å². The molecule has 1 amide bonds. The van der Waals surface area contributed by atoms with Crippen LogP contribution in [-0.4, -0.2) is 35.4 Å². The molecule has 0 saturated carbocycles. The van der Waals surface area contributed by atoms with Gasteiger partial charge in [0.05, 0.1) is 6.54 Å². The minimum atomic E-state index is 0.0943. The van der Waals surface area contributed by atoms with Crippen LogP contribution in [0.2, 0.25) is 0 Å². The van der Waals surface area contributed by atoms with Crippen molar-refractivity contribution in [2.45, 2.75) is 32.2 Å². The first kappa shape index (κ1) is 17.6. The lowest BCUT2D eigenvalue weighted by molar-refractivity contribution is -0.122. The number of rotatable bonds is 6. The van der Waals surface area contributed by atoms with Gasteiger partial charge in [0, 0.05) is 25.5 Å². The quantitative estimate of drug-likeness (QED) is 0.880. The van der Waals surface area contributed by atoms with Crippen molar-refractivity contribution in [2.75, 3.05) is 19.6 Å². The van der Waals surface area contributed by atoms with Gasteiger partial charge in [-0.05, 0) is 42.0 Å². The normalized spacial score (nSPS) is 21.0. The van der Waals surface area contributed by atoms with Gasteiger partial charge in [0.2, 0.25) is 5.91 Å².